The van der Waals surface area contributed by atoms with Crippen LogP contribution in [0.25, 0.3) is 0 Å². The second kappa shape index (κ2) is 12.8. The molecule has 0 aromatic heterocycles. The SMILES string of the molecule is CN=C(NCCC(=O)N1CCCCC1C)NCC1(CCOC)CCCC1.I. The number of halogens is 1. The highest BCUT2D eigenvalue weighted by Crippen LogP contribution is 2.40. The Balaban J connectivity index is 0.00000364. The quantitative estimate of drug-likeness (QED) is 0.309. The summed E-state index contributed by atoms with van der Waals surface area (Å²) in [6, 6.07) is 0.386. The standard InChI is InChI=1S/C20H38N4O2.HI/c1-17-8-4-7-14-24(17)18(25)9-13-22-19(21-2)23-16-20(12-15-26-3)10-5-6-11-20;/h17H,4-16H2,1-3H3,(H2,21,22,23);1H. The number of likely N-dealkylation sites (tertiary alicyclic amines) is 1. The van der Waals surface area contributed by atoms with Crippen molar-refractivity contribution < 1.29 is 9.53 Å². The van der Waals surface area contributed by atoms with Crippen LogP contribution < -0.4 is 10.6 Å². The number of hydrogen-bond donors (Lipinski definition) is 2. The van der Waals surface area contributed by atoms with Crippen molar-refractivity contribution in [3.63, 3.8) is 0 Å². The van der Waals surface area contributed by atoms with Crippen molar-refractivity contribution in [3.8, 4) is 0 Å². The molecule has 1 saturated heterocycles. The third kappa shape index (κ3) is 7.75. The van der Waals surface area contributed by atoms with Gasteiger partial charge in [-0.2, -0.15) is 0 Å². The van der Waals surface area contributed by atoms with Gasteiger partial charge in [0.25, 0.3) is 0 Å². The van der Waals surface area contributed by atoms with Crippen molar-refractivity contribution in [3.05, 3.63) is 0 Å². The molecular formula is C20H39IN4O2. The average Bonchev–Trinajstić information content (AvgIpc) is 3.12. The van der Waals surface area contributed by atoms with Gasteiger partial charge in [0.2, 0.25) is 5.91 Å². The molecule has 1 heterocycles. The highest BCUT2D eigenvalue weighted by atomic mass is 127. The number of rotatable bonds is 8. The van der Waals surface area contributed by atoms with Gasteiger partial charge < -0.3 is 20.3 Å². The topological polar surface area (TPSA) is 66.0 Å². The Bertz CT molecular complexity index is 467. The fourth-order valence-corrected chi connectivity index (χ4v) is 4.35. The Morgan fingerprint density at radius 3 is 2.59 bits per heavy atom. The normalized spacial score (nSPS) is 22.3. The van der Waals surface area contributed by atoms with E-state index in [1.54, 1.807) is 14.2 Å². The van der Waals surface area contributed by atoms with E-state index >= 15 is 0 Å². The molecule has 1 aliphatic carbocycles. The Labute approximate surface area is 182 Å². The minimum atomic E-state index is 0. The van der Waals surface area contributed by atoms with Crippen LogP contribution in [0, 0.1) is 5.41 Å². The van der Waals surface area contributed by atoms with Crippen LogP contribution in [0.15, 0.2) is 4.99 Å². The van der Waals surface area contributed by atoms with Crippen LogP contribution in [0.5, 0.6) is 0 Å². The molecule has 1 saturated carbocycles. The number of nitrogens with zero attached hydrogens (tertiary/aromatic N) is 2. The molecule has 1 unspecified atom stereocenters. The summed E-state index contributed by atoms with van der Waals surface area (Å²) in [4.78, 5) is 18.8. The lowest BCUT2D eigenvalue weighted by atomic mass is 9.83. The van der Waals surface area contributed by atoms with Crippen molar-refractivity contribution in [2.45, 2.75) is 70.8 Å². The van der Waals surface area contributed by atoms with Gasteiger partial charge in [-0.25, -0.2) is 0 Å². The summed E-state index contributed by atoms with van der Waals surface area (Å²) < 4.78 is 5.30. The van der Waals surface area contributed by atoms with Gasteiger partial charge >= 0.3 is 0 Å². The first-order chi connectivity index (χ1) is 12.6. The molecule has 6 nitrogen and oxygen atoms in total. The van der Waals surface area contributed by atoms with Gasteiger partial charge in [0.05, 0.1) is 0 Å². The Kier molecular flexibility index (Phi) is 11.6. The second-order valence-corrected chi connectivity index (χ2v) is 7.98. The van der Waals surface area contributed by atoms with Crippen LogP contribution >= 0.6 is 24.0 Å². The lowest BCUT2D eigenvalue weighted by Gasteiger charge is -2.33. The number of piperidine rings is 1. The van der Waals surface area contributed by atoms with E-state index in [4.69, 9.17) is 4.74 Å². The molecule has 0 aromatic carbocycles. The molecule has 1 atom stereocenters. The molecule has 1 amide bonds. The Hall–Kier alpha value is -0.570. The minimum Gasteiger partial charge on any atom is -0.385 e. The molecule has 0 bridgehead atoms. The summed E-state index contributed by atoms with van der Waals surface area (Å²) in [5.74, 6) is 1.06. The number of ether oxygens (including phenoxy) is 1. The van der Waals surface area contributed by atoms with E-state index < -0.39 is 0 Å². The van der Waals surface area contributed by atoms with Crippen molar-refractivity contribution in [2.24, 2.45) is 10.4 Å². The molecule has 2 N–H and O–H groups in total. The minimum absolute atomic E-state index is 0. The molecule has 2 rings (SSSR count). The monoisotopic (exact) mass is 494 g/mol. The number of carbonyl (C=O) groups is 1. The van der Waals surface area contributed by atoms with Gasteiger partial charge in [0, 0.05) is 52.9 Å². The van der Waals surface area contributed by atoms with Crippen molar-refractivity contribution in [1.82, 2.24) is 15.5 Å². The molecule has 7 heteroatoms. The predicted molar refractivity (Wildman–Crippen MR) is 122 cm³/mol. The van der Waals surface area contributed by atoms with Crippen LogP contribution in [0.4, 0.5) is 0 Å². The first-order valence-corrected chi connectivity index (χ1v) is 10.3. The predicted octanol–water partition coefficient (Wildman–Crippen LogP) is 3.16. The maximum Gasteiger partial charge on any atom is 0.224 e. The highest BCUT2D eigenvalue weighted by Gasteiger charge is 2.33. The van der Waals surface area contributed by atoms with Crippen molar-refractivity contribution in [2.75, 3.05) is 40.4 Å². The van der Waals surface area contributed by atoms with E-state index in [2.05, 4.69) is 22.5 Å². The third-order valence-electron chi connectivity index (χ3n) is 6.11. The molecule has 0 radical (unpaired) electrons. The number of aliphatic imine (C=N–C) groups is 1. The van der Waals surface area contributed by atoms with E-state index in [1.165, 1.54) is 32.1 Å². The van der Waals surface area contributed by atoms with Crippen molar-refractivity contribution in [1.29, 1.82) is 0 Å². The number of guanidine groups is 1. The average molecular weight is 494 g/mol. The lowest BCUT2D eigenvalue weighted by molar-refractivity contribution is -0.134. The van der Waals surface area contributed by atoms with Gasteiger partial charge in [-0.3, -0.25) is 9.79 Å². The number of hydrogen-bond acceptors (Lipinski definition) is 3. The van der Waals surface area contributed by atoms with Crippen molar-refractivity contribution >= 4 is 35.8 Å². The largest absolute Gasteiger partial charge is 0.385 e. The summed E-state index contributed by atoms with van der Waals surface area (Å²) in [6.07, 6.45) is 10.3. The summed E-state index contributed by atoms with van der Waals surface area (Å²) >= 11 is 0. The molecule has 0 spiro atoms. The molecule has 2 fully saturated rings. The zero-order valence-electron chi connectivity index (χ0n) is 17.4. The zero-order chi connectivity index (χ0) is 18.8. The number of carbonyl (C=O) groups excluding carboxylic acids is 1. The second-order valence-electron chi connectivity index (χ2n) is 7.98. The summed E-state index contributed by atoms with van der Waals surface area (Å²) in [7, 11) is 3.57. The fourth-order valence-electron chi connectivity index (χ4n) is 4.35. The van der Waals surface area contributed by atoms with E-state index in [-0.39, 0.29) is 29.9 Å². The Morgan fingerprint density at radius 2 is 1.96 bits per heavy atom. The van der Waals surface area contributed by atoms with Gasteiger partial charge in [-0.1, -0.05) is 12.8 Å². The maximum absolute atomic E-state index is 12.4. The van der Waals surface area contributed by atoms with Crippen LogP contribution in [0.3, 0.4) is 0 Å². The summed E-state index contributed by atoms with van der Waals surface area (Å²) in [5, 5.41) is 6.79. The van der Waals surface area contributed by atoms with Gasteiger partial charge in [0.15, 0.2) is 5.96 Å². The smallest absolute Gasteiger partial charge is 0.224 e. The number of nitrogens with one attached hydrogen (secondary N) is 2. The van der Waals surface area contributed by atoms with E-state index in [1.807, 2.05) is 4.90 Å². The zero-order valence-corrected chi connectivity index (χ0v) is 19.7. The summed E-state index contributed by atoms with van der Waals surface area (Å²) in [5.41, 5.74) is 0.326. The van der Waals surface area contributed by atoms with Gasteiger partial charge in [-0.05, 0) is 50.9 Å². The third-order valence-corrected chi connectivity index (χ3v) is 6.11. The van der Waals surface area contributed by atoms with Gasteiger partial charge in [-0.15, -0.1) is 24.0 Å². The van der Waals surface area contributed by atoms with E-state index in [0.29, 0.717) is 24.4 Å². The van der Waals surface area contributed by atoms with Crippen LogP contribution in [-0.2, 0) is 9.53 Å². The molecular weight excluding hydrogens is 455 g/mol. The molecule has 158 valence electrons. The Morgan fingerprint density at radius 1 is 1.22 bits per heavy atom. The first kappa shape index (κ1) is 24.5. The number of methoxy groups -OCH3 is 1. The summed E-state index contributed by atoms with van der Waals surface area (Å²) in [6.45, 7) is 5.44. The van der Waals surface area contributed by atoms with E-state index in [9.17, 15) is 4.79 Å². The van der Waals surface area contributed by atoms with Gasteiger partial charge in [0.1, 0.15) is 0 Å². The van der Waals surface area contributed by atoms with Crippen LogP contribution in [0.2, 0.25) is 0 Å². The number of amides is 1. The molecule has 27 heavy (non-hydrogen) atoms. The molecule has 2 aliphatic rings. The molecule has 1 aliphatic heterocycles. The molecule has 0 aromatic rings. The lowest BCUT2D eigenvalue weighted by Crippen LogP contribution is -2.46. The van der Waals surface area contributed by atoms with Crippen LogP contribution in [0.1, 0.15) is 64.7 Å². The maximum atomic E-state index is 12.4. The first-order valence-electron chi connectivity index (χ1n) is 10.3. The van der Waals surface area contributed by atoms with Crippen LogP contribution in [-0.4, -0.2) is 63.2 Å². The highest BCUT2D eigenvalue weighted by molar-refractivity contribution is 14.0. The van der Waals surface area contributed by atoms with E-state index in [0.717, 1.165) is 44.9 Å². The fraction of sp³-hybridized carbons (Fsp3) is 0.900.